The van der Waals surface area contributed by atoms with E-state index in [4.69, 9.17) is 5.73 Å². The molecule has 1 saturated heterocycles. The minimum atomic E-state index is -0.190. The number of rotatable bonds is 3. The third kappa shape index (κ3) is 2.92. The molecule has 0 unspecified atom stereocenters. The summed E-state index contributed by atoms with van der Waals surface area (Å²) < 4.78 is 1.03. The first kappa shape index (κ1) is 17.4. The van der Waals surface area contributed by atoms with Gasteiger partial charge in [0.1, 0.15) is 0 Å². The van der Waals surface area contributed by atoms with Crippen LogP contribution >= 0.6 is 0 Å². The summed E-state index contributed by atoms with van der Waals surface area (Å²) in [6, 6.07) is 8.29. The van der Waals surface area contributed by atoms with Gasteiger partial charge in [-0.05, 0) is 18.8 Å². The van der Waals surface area contributed by atoms with Crippen LogP contribution < -0.4 is 16.2 Å². The molecule has 4 N–H and O–H groups in total. The van der Waals surface area contributed by atoms with Crippen molar-refractivity contribution >= 4 is 46.7 Å². The predicted octanol–water partition coefficient (Wildman–Crippen LogP) is 3.34. The molecule has 3 aromatic heterocycles. The van der Waals surface area contributed by atoms with Gasteiger partial charge in [-0.3, -0.25) is 0 Å². The van der Waals surface area contributed by atoms with Gasteiger partial charge in [0, 0.05) is 0 Å². The van der Waals surface area contributed by atoms with E-state index in [1.165, 1.54) is 31.4 Å². The van der Waals surface area contributed by atoms with Gasteiger partial charge in [-0.1, -0.05) is 0 Å². The van der Waals surface area contributed by atoms with Gasteiger partial charge in [-0.2, -0.15) is 0 Å². The number of nitrogen functional groups attached to an aromatic ring is 1. The van der Waals surface area contributed by atoms with E-state index in [0.717, 1.165) is 45.7 Å². The summed E-state index contributed by atoms with van der Waals surface area (Å²) in [5.41, 5.74) is 11.1. The second kappa shape index (κ2) is 6.51. The van der Waals surface area contributed by atoms with Crippen LogP contribution in [0, 0.1) is 11.8 Å². The summed E-state index contributed by atoms with van der Waals surface area (Å²) in [7, 11) is 0. The van der Waals surface area contributed by atoms with E-state index in [1.54, 1.807) is 0 Å². The Morgan fingerprint density at radius 1 is 1.03 bits per heavy atom. The standard InChI is InChI=1S/C22H23N5OSe/c23-19-18(22(28)26-16-7-10-29-20(16)19)21-24-15-4-3-14(11-17(15)25-21)27-8-5-13(6-9-27)12-1-2-12/h3-4,7,10-13H,1-2,5-6,8-9H2,(H,24,25)(H3,23,26,28). The van der Waals surface area contributed by atoms with Crippen LogP contribution in [0.2, 0.25) is 0 Å². The number of anilines is 2. The number of imidazole rings is 1. The molecule has 2 fully saturated rings. The monoisotopic (exact) mass is 453 g/mol. The van der Waals surface area contributed by atoms with E-state index < -0.39 is 0 Å². The summed E-state index contributed by atoms with van der Waals surface area (Å²) in [5.74, 6) is 2.48. The third-order valence-electron chi connectivity index (χ3n) is 6.55. The average molecular weight is 452 g/mol. The summed E-state index contributed by atoms with van der Waals surface area (Å²) in [6.07, 6.45) is 5.48. The molecule has 1 saturated carbocycles. The molecule has 7 heteroatoms. The molecule has 0 bridgehead atoms. The first-order chi connectivity index (χ1) is 14.2. The summed E-state index contributed by atoms with van der Waals surface area (Å²) in [5, 5.41) is 0. The van der Waals surface area contributed by atoms with Crippen LogP contribution in [0.3, 0.4) is 0 Å². The van der Waals surface area contributed by atoms with Crippen molar-refractivity contribution in [3.63, 3.8) is 0 Å². The molecule has 29 heavy (non-hydrogen) atoms. The number of fused-ring (bicyclic) bond motifs is 2. The van der Waals surface area contributed by atoms with E-state index in [-0.39, 0.29) is 20.1 Å². The molecular weight excluding hydrogens is 429 g/mol. The Kier molecular flexibility index (Phi) is 3.90. The van der Waals surface area contributed by atoms with Crippen molar-refractivity contribution in [1.29, 1.82) is 0 Å². The number of nitrogens with zero attached hydrogens (tertiary/aromatic N) is 2. The molecule has 4 aromatic rings. The molecule has 148 valence electrons. The van der Waals surface area contributed by atoms with E-state index in [2.05, 4.69) is 36.9 Å². The van der Waals surface area contributed by atoms with Crippen molar-refractivity contribution in [1.82, 2.24) is 15.0 Å². The maximum atomic E-state index is 12.7. The molecule has 1 aliphatic carbocycles. The van der Waals surface area contributed by atoms with Crippen LogP contribution in [0.15, 0.2) is 34.0 Å². The first-order valence-corrected chi connectivity index (χ1v) is 12.2. The van der Waals surface area contributed by atoms with Crippen LogP contribution in [0.5, 0.6) is 0 Å². The summed E-state index contributed by atoms with van der Waals surface area (Å²) in [4.78, 5) is 28.2. The number of aromatic amines is 2. The van der Waals surface area contributed by atoms with E-state index in [9.17, 15) is 4.79 Å². The van der Waals surface area contributed by atoms with E-state index >= 15 is 0 Å². The average Bonchev–Trinajstić information content (AvgIpc) is 3.32. The van der Waals surface area contributed by atoms with Gasteiger partial charge in [0.05, 0.1) is 0 Å². The predicted molar refractivity (Wildman–Crippen MR) is 119 cm³/mol. The summed E-state index contributed by atoms with van der Waals surface area (Å²) in [6.45, 7) is 2.25. The number of hydrogen-bond donors (Lipinski definition) is 3. The van der Waals surface area contributed by atoms with Crippen molar-refractivity contribution in [3.8, 4) is 11.4 Å². The Hall–Kier alpha value is -2.50. The van der Waals surface area contributed by atoms with Crippen LogP contribution in [0.25, 0.3) is 32.2 Å². The van der Waals surface area contributed by atoms with Gasteiger partial charge < -0.3 is 0 Å². The Morgan fingerprint density at radius 2 is 1.83 bits per heavy atom. The molecule has 6 rings (SSSR count). The van der Waals surface area contributed by atoms with Gasteiger partial charge in [-0.25, -0.2) is 0 Å². The van der Waals surface area contributed by atoms with Gasteiger partial charge in [0.2, 0.25) is 0 Å². The number of nitrogens with two attached hydrogens (primary N) is 1. The zero-order chi connectivity index (χ0) is 19.5. The van der Waals surface area contributed by atoms with Gasteiger partial charge >= 0.3 is 155 Å². The number of nitrogens with one attached hydrogen (secondary N) is 2. The van der Waals surface area contributed by atoms with Crippen LogP contribution in [0.1, 0.15) is 25.7 Å². The fourth-order valence-corrected chi connectivity index (χ4v) is 6.49. The quantitative estimate of drug-likeness (QED) is 0.416. The van der Waals surface area contributed by atoms with Crippen molar-refractivity contribution in [2.24, 2.45) is 11.8 Å². The molecule has 1 aromatic carbocycles. The van der Waals surface area contributed by atoms with E-state index in [1.807, 2.05) is 12.1 Å². The Labute approximate surface area is 173 Å². The summed E-state index contributed by atoms with van der Waals surface area (Å²) >= 11 is 0.157. The van der Waals surface area contributed by atoms with Crippen molar-refractivity contribution < 1.29 is 0 Å². The number of piperidine rings is 1. The molecular formula is C22H23N5OSe. The molecule has 6 nitrogen and oxygen atoms in total. The molecule has 0 atom stereocenters. The topological polar surface area (TPSA) is 90.8 Å². The number of benzene rings is 1. The normalized spacial score (nSPS) is 18.1. The number of H-pyrrole nitrogens is 2. The van der Waals surface area contributed by atoms with E-state index in [0.29, 0.717) is 17.1 Å². The number of hydrogen-bond acceptors (Lipinski definition) is 4. The fourth-order valence-electron chi connectivity index (χ4n) is 4.78. The van der Waals surface area contributed by atoms with Crippen molar-refractivity contribution in [3.05, 3.63) is 39.6 Å². The van der Waals surface area contributed by atoms with Gasteiger partial charge in [-0.15, -0.1) is 0 Å². The van der Waals surface area contributed by atoms with Crippen LogP contribution in [-0.4, -0.2) is 42.5 Å². The SMILES string of the molecule is Nc1c(-c2nc3ccc(N4CCC(C5CC5)CC4)cc3[nH]2)c(=O)[nH]c2cc[se]c12. The molecule has 0 radical (unpaired) electrons. The minimum absolute atomic E-state index is 0.157. The zero-order valence-electron chi connectivity index (χ0n) is 16.1. The Balaban J connectivity index is 1.35. The van der Waals surface area contributed by atoms with Crippen LogP contribution in [0.4, 0.5) is 11.4 Å². The number of aromatic nitrogens is 3. The molecule has 0 amide bonds. The Bertz CT molecular complexity index is 1270. The second-order valence-electron chi connectivity index (χ2n) is 8.35. The molecule has 4 heterocycles. The fraction of sp³-hybridized carbons (Fsp3) is 0.364. The van der Waals surface area contributed by atoms with Crippen LogP contribution in [-0.2, 0) is 0 Å². The Morgan fingerprint density at radius 3 is 2.62 bits per heavy atom. The number of pyridine rings is 1. The molecule has 0 spiro atoms. The third-order valence-corrected chi connectivity index (χ3v) is 8.54. The van der Waals surface area contributed by atoms with Crippen molar-refractivity contribution in [2.45, 2.75) is 25.7 Å². The molecule has 1 aliphatic heterocycles. The first-order valence-electron chi connectivity index (χ1n) is 10.3. The van der Waals surface area contributed by atoms with Gasteiger partial charge in [0.15, 0.2) is 0 Å². The maximum absolute atomic E-state index is 12.7. The second-order valence-corrected chi connectivity index (χ2v) is 10.3. The zero-order valence-corrected chi connectivity index (χ0v) is 17.8. The molecule has 2 aliphatic rings. The van der Waals surface area contributed by atoms with Gasteiger partial charge in [0.25, 0.3) is 0 Å². The van der Waals surface area contributed by atoms with Crippen molar-refractivity contribution in [2.75, 3.05) is 23.7 Å².